The van der Waals surface area contributed by atoms with Crippen molar-refractivity contribution in [3.8, 4) is 0 Å². The SMILES string of the molecule is CC1=C(c2ccccc2)[C@@H]2N3N(CC2(C)C)[C@H](c2ccccc2)[C@@H](c2ccccc2)C(=O)[C@]13C. The standard InChI is InChI=1S/C31H32N2O/c1-21-25(22-14-8-5-9-15-22)28-30(2,3)20-32-27(24-18-12-7-13-19-24)26(23-16-10-6-11-17-23)29(34)31(21,4)33(28)32/h5-19,26-28H,20H2,1-4H3/t26-,27-,28+,31+/m1/s1. The predicted molar refractivity (Wildman–Crippen MR) is 137 cm³/mol. The van der Waals surface area contributed by atoms with Crippen molar-refractivity contribution in [1.82, 2.24) is 10.0 Å². The van der Waals surface area contributed by atoms with Gasteiger partial charge in [0.25, 0.3) is 0 Å². The minimum Gasteiger partial charge on any atom is -0.296 e. The fourth-order valence-electron chi connectivity index (χ4n) is 6.88. The number of hydrazine groups is 1. The first-order chi connectivity index (χ1) is 16.4. The van der Waals surface area contributed by atoms with Crippen LogP contribution < -0.4 is 0 Å². The first-order valence-corrected chi connectivity index (χ1v) is 12.3. The molecule has 0 aromatic heterocycles. The molecular formula is C31H32N2O. The highest BCUT2D eigenvalue weighted by molar-refractivity contribution is 6.02. The number of rotatable bonds is 3. The smallest absolute Gasteiger partial charge is 0.167 e. The minimum atomic E-state index is -0.671. The molecule has 2 saturated heterocycles. The number of benzene rings is 3. The average molecular weight is 449 g/mol. The van der Waals surface area contributed by atoms with Gasteiger partial charge in [0.2, 0.25) is 0 Å². The normalized spacial score (nSPS) is 30.6. The van der Waals surface area contributed by atoms with Crippen molar-refractivity contribution in [2.45, 2.75) is 51.2 Å². The second-order valence-corrected chi connectivity index (χ2v) is 10.9. The fourth-order valence-corrected chi connectivity index (χ4v) is 6.88. The molecule has 4 atom stereocenters. The van der Waals surface area contributed by atoms with E-state index in [1.807, 2.05) is 6.07 Å². The second kappa shape index (κ2) is 7.49. The Bertz CT molecular complexity index is 1260. The van der Waals surface area contributed by atoms with E-state index in [0.29, 0.717) is 5.78 Å². The molecule has 0 aliphatic carbocycles. The first-order valence-electron chi connectivity index (χ1n) is 12.3. The Balaban J connectivity index is 1.62. The minimum absolute atomic E-state index is 0.0108. The zero-order chi connectivity index (χ0) is 23.7. The van der Waals surface area contributed by atoms with Gasteiger partial charge in [-0.05, 0) is 47.1 Å². The molecule has 0 N–H and O–H groups in total. The lowest BCUT2D eigenvalue weighted by molar-refractivity contribution is -0.164. The Morgan fingerprint density at radius 2 is 1.29 bits per heavy atom. The van der Waals surface area contributed by atoms with Gasteiger partial charge in [-0.1, -0.05) is 105 Å². The van der Waals surface area contributed by atoms with Crippen LogP contribution in [0.3, 0.4) is 0 Å². The number of ketones is 1. The zero-order valence-corrected chi connectivity index (χ0v) is 20.4. The predicted octanol–water partition coefficient (Wildman–Crippen LogP) is 6.27. The molecule has 0 bridgehead atoms. The van der Waals surface area contributed by atoms with Crippen molar-refractivity contribution in [3.05, 3.63) is 113 Å². The van der Waals surface area contributed by atoms with E-state index in [1.165, 1.54) is 22.3 Å². The molecule has 0 spiro atoms. The van der Waals surface area contributed by atoms with Crippen LogP contribution >= 0.6 is 0 Å². The van der Waals surface area contributed by atoms with Gasteiger partial charge in [0, 0.05) is 6.54 Å². The van der Waals surface area contributed by atoms with E-state index in [0.717, 1.165) is 12.1 Å². The summed E-state index contributed by atoms with van der Waals surface area (Å²) in [5.41, 5.74) is 5.37. The van der Waals surface area contributed by atoms with Crippen molar-refractivity contribution >= 4 is 11.4 Å². The molecule has 6 rings (SSSR count). The monoisotopic (exact) mass is 448 g/mol. The molecule has 3 nitrogen and oxygen atoms in total. The molecule has 3 heterocycles. The Morgan fingerprint density at radius 1 is 0.765 bits per heavy atom. The number of carbonyl (C=O) groups excluding carboxylic acids is 1. The zero-order valence-electron chi connectivity index (χ0n) is 20.4. The van der Waals surface area contributed by atoms with E-state index in [1.54, 1.807) is 0 Å². The lowest BCUT2D eigenvalue weighted by atomic mass is 9.71. The summed E-state index contributed by atoms with van der Waals surface area (Å²) >= 11 is 0. The molecule has 0 amide bonds. The van der Waals surface area contributed by atoms with Crippen LogP contribution in [0.5, 0.6) is 0 Å². The van der Waals surface area contributed by atoms with Gasteiger partial charge < -0.3 is 0 Å². The van der Waals surface area contributed by atoms with Gasteiger partial charge >= 0.3 is 0 Å². The van der Waals surface area contributed by atoms with Gasteiger partial charge in [0.05, 0.1) is 18.0 Å². The summed E-state index contributed by atoms with van der Waals surface area (Å²) in [7, 11) is 0. The molecule has 172 valence electrons. The van der Waals surface area contributed by atoms with Crippen molar-refractivity contribution in [2.75, 3.05) is 6.54 Å². The fraction of sp³-hybridized carbons (Fsp3) is 0.323. The third-order valence-electron chi connectivity index (χ3n) is 8.48. The van der Waals surface area contributed by atoms with Gasteiger partial charge in [-0.15, -0.1) is 0 Å². The highest BCUT2D eigenvalue weighted by Crippen LogP contribution is 2.61. The summed E-state index contributed by atoms with van der Waals surface area (Å²) in [6.45, 7) is 9.99. The van der Waals surface area contributed by atoms with Crippen LogP contribution in [-0.4, -0.2) is 33.9 Å². The lowest BCUT2D eigenvalue weighted by Crippen LogP contribution is -2.64. The van der Waals surface area contributed by atoms with Gasteiger partial charge in [-0.3, -0.25) is 4.79 Å². The molecule has 0 radical (unpaired) electrons. The first kappa shape index (κ1) is 21.5. The van der Waals surface area contributed by atoms with Crippen LogP contribution in [0, 0.1) is 5.41 Å². The van der Waals surface area contributed by atoms with E-state index in [-0.39, 0.29) is 23.4 Å². The summed E-state index contributed by atoms with van der Waals surface area (Å²) in [6, 6.07) is 31.8. The van der Waals surface area contributed by atoms with Crippen LogP contribution in [0.25, 0.3) is 5.57 Å². The largest absolute Gasteiger partial charge is 0.296 e. The van der Waals surface area contributed by atoms with E-state index in [9.17, 15) is 4.79 Å². The molecule has 0 unspecified atom stereocenters. The van der Waals surface area contributed by atoms with Crippen molar-refractivity contribution in [2.24, 2.45) is 5.41 Å². The molecule has 3 aromatic rings. The Kier molecular flexibility index (Phi) is 4.74. The Morgan fingerprint density at radius 3 is 1.88 bits per heavy atom. The van der Waals surface area contributed by atoms with Crippen LogP contribution in [0.4, 0.5) is 0 Å². The maximum atomic E-state index is 14.7. The summed E-state index contributed by atoms with van der Waals surface area (Å²) in [5, 5.41) is 5.00. The quantitative estimate of drug-likeness (QED) is 0.472. The van der Waals surface area contributed by atoms with Gasteiger partial charge in [0.15, 0.2) is 5.78 Å². The van der Waals surface area contributed by atoms with Crippen molar-refractivity contribution in [1.29, 1.82) is 0 Å². The highest BCUT2D eigenvalue weighted by atomic mass is 16.1. The van der Waals surface area contributed by atoms with Crippen LogP contribution in [0.15, 0.2) is 96.6 Å². The van der Waals surface area contributed by atoms with Gasteiger partial charge in [-0.2, -0.15) is 0 Å². The molecule has 3 aliphatic heterocycles. The third kappa shape index (κ3) is 2.80. The number of Topliss-reactive ketones (excluding diaryl/α,β-unsaturated/α-hetero) is 1. The number of carbonyl (C=O) groups is 1. The molecular weight excluding hydrogens is 416 g/mol. The van der Waals surface area contributed by atoms with Crippen molar-refractivity contribution < 1.29 is 4.79 Å². The van der Waals surface area contributed by atoms with E-state index in [4.69, 9.17) is 0 Å². The maximum absolute atomic E-state index is 14.7. The topological polar surface area (TPSA) is 23.6 Å². The summed E-state index contributed by atoms with van der Waals surface area (Å²) in [6.07, 6.45) is 0. The van der Waals surface area contributed by atoms with Crippen LogP contribution in [0.1, 0.15) is 56.3 Å². The van der Waals surface area contributed by atoms with Crippen molar-refractivity contribution in [3.63, 3.8) is 0 Å². The highest BCUT2D eigenvalue weighted by Gasteiger charge is 2.68. The molecule has 3 aromatic carbocycles. The van der Waals surface area contributed by atoms with Gasteiger partial charge in [0.1, 0.15) is 5.54 Å². The molecule has 3 aliphatic rings. The lowest BCUT2D eigenvalue weighted by Gasteiger charge is -2.52. The third-order valence-corrected chi connectivity index (χ3v) is 8.48. The maximum Gasteiger partial charge on any atom is 0.167 e. The second-order valence-electron chi connectivity index (χ2n) is 10.9. The number of hydrogen-bond donors (Lipinski definition) is 0. The summed E-state index contributed by atoms with van der Waals surface area (Å²) in [4.78, 5) is 14.7. The molecule has 3 heteroatoms. The molecule has 0 saturated carbocycles. The Labute approximate surface area is 202 Å². The average Bonchev–Trinajstić information content (AvgIpc) is 3.28. The van der Waals surface area contributed by atoms with E-state index >= 15 is 0 Å². The molecule has 34 heavy (non-hydrogen) atoms. The molecule has 2 fully saturated rings. The number of hydrogen-bond acceptors (Lipinski definition) is 3. The van der Waals surface area contributed by atoms with E-state index < -0.39 is 5.54 Å². The number of nitrogens with zero attached hydrogens (tertiary/aromatic N) is 2. The summed E-state index contributed by atoms with van der Waals surface area (Å²) in [5.74, 6) is 0.0689. The van der Waals surface area contributed by atoms with Crippen LogP contribution in [-0.2, 0) is 4.79 Å². The van der Waals surface area contributed by atoms with Crippen LogP contribution in [0.2, 0.25) is 0 Å². The summed E-state index contributed by atoms with van der Waals surface area (Å²) < 4.78 is 0. The van der Waals surface area contributed by atoms with E-state index in [2.05, 4.69) is 123 Å². The Hall–Kier alpha value is -3.01. The van der Waals surface area contributed by atoms with Gasteiger partial charge in [-0.25, -0.2) is 10.0 Å².